The van der Waals surface area contributed by atoms with Crippen LogP contribution in [0.3, 0.4) is 0 Å². The summed E-state index contributed by atoms with van der Waals surface area (Å²) in [6.07, 6.45) is -3.72. The number of benzene rings is 5. The van der Waals surface area contributed by atoms with Gasteiger partial charge in [-0.25, -0.2) is 9.78 Å². The number of ether oxygens (including phenoxy) is 1. The maximum absolute atomic E-state index is 13.2. The quantitative estimate of drug-likeness (QED) is 0.149. The third-order valence-corrected chi connectivity index (χ3v) is 10.2. The molecular formula is C37H28F3NO3S2. The van der Waals surface area contributed by atoms with Crippen molar-refractivity contribution >= 4 is 39.8 Å². The first-order chi connectivity index (χ1) is 22.1. The zero-order valence-corrected chi connectivity index (χ0v) is 26.3. The summed E-state index contributed by atoms with van der Waals surface area (Å²) in [6, 6.07) is 35.1. The Kier molecular flexibility index (Phi) is 9.15. The average Bonchev–Trinajstić information content (AvgIpc) is 3.45. The molecule has 0 fully saturated rings. The number of thiazole rings is 1. The summed E-state index contributed by atoms with van der Waals surface area (Å²) in [4.78, 5) is 18.0. The lowest BCUT2D eigenvalue weighted by Gasteiger charge is -2.18. The molecule has 0 amide bonds. The average molecular weight is 656 g/mol. The third-order valence-electron chi connectivity index (χ3n) is 7.48. The summed E-state index contributed by atoms with van der Waals surface area (Å²) >= 11 is 3.15. The number of nitrogens with zero attached hydrogens (tertiary/aromatic N) is 1. The number of hydrogen-bond donors (Lipinski definition) is 1. The van der Waals surface area contributed by atoms with Crippen molar-refractivity contribution < 1.29 is 27.8 Å². The fourth-order valence-electron chi connectivity index (χ4n) is 5.26. The Morgan fingerprint density at radius 3 is 2.30 bits per heavy atom. The molecule has 0 aliphatic carbocycles. The summed E-state index contributed by atoms with van der Waals surface area (Å²) in [5.41, 5.74) is 3.58. The highest BCUT2D eigenvalue weighted by Crippen LogP contribution is 2.46. The number of carboxylic acid groups (broad SMARTS) is 1. The molecular weight excluding hydrogens is 628 g/mol. The number of halogens is 3. The molecule has 9 heteroatoms. The number of fused-ring (bicyclic) bond motifs is 1. The normalized spacial score (nSPS) is 12.3. The van der Waals surface area contributed by atoms with Gasteiger partial charge in [-0.05, 0) is 65.6 Å². The Hall–Kier alpha value is -4.60. The summed E-state index contributed by atoms with van der Waals surface area (Å²) in [5, 5.41) is 12.1. The summed E-state index contributed by atoms with van der Waals surface area (Å²) in [7, 11) is 0. The van der Waals surface area contributed by atoms with Crippen LogP contribution in [0.25, 0.3) is 32.5 Å². The van der Waals surface area contributed by atoms with Crippen LogP contribution in [0.1, 0.15) is 26.9 Å². The summed E-state index contributed by atoms with van der Waals surface area (Å²) in [6.45, 7) is 1.48. The van der Waals surface area contributed by atoms with Gasteiger partial charge in [0.1, 0.15) is 10.8 Å². The second kappa shape index (κ2) is 13.4. The maximum Gasteiger partial charge on any atom is 0.416 e. The number of rotatable bonds is 10. The monoisotopic (exact) mass is 655 g/mol. The van der Waals surface area contributed by atoms with Gasteiger partial charge in [-0.15, -0.1) is 23.1 Å². The molecule has 46 heavy (non-hydrogen) atoms. The number of thioether (sulfide) groups is 1. The standard InChI is InChI=1S/C37H28F3NO3S2/c1-23-35(46-36(41-23)27-13-15-29(16-14-27)37(38,39)40)33(20-24-11-12-25-7-5-6-10-28(25)19-24)45-30-17-18-32(44-22-34(42)43)31(21-30)26-8-3-2-4-9-26/h2-19,21,33H,20,22H2,1H3,(H,42,43). The second-order valence-electron chi connectivity index (χ2n) is 10.7. The van der Waals surface area contributed by atoms with E-state index in [2.05, 4.69) is 30.3 Å². The van der Waals surface area contributed by atoms with Crippen LogP contribution in [0, 0.1) is 6.92 Å². The van der Waals surface area contributed by atoms with E-state index in [4.69, 9.17) is 9.72 Å². The van der Waals surface area contributed by atoms with Gasteiger partial charge < -0.3 is 9.84 Å². The third kappa shape index (κ3) is 7.27. The number of carboxylic acids is 1. The van der Waals surface area contributed by atoms with Crippen LogP contribution in [0.4, 0.5) is 13.2 Å². The van der Waals surface area contributed by atoms with Crippen LogP contribution in [0.2, 0.25) is 0 Å². The van der Waals surface area contributed by atoms with Gasteiger partial charge >= 0.3 is 12.1 Å². The van der Waals surface area contributed by atoms with Crippen molar-refractivity contribution in [2.75, 3.05) is 6.61 Å². The van der Waals surface area contributed by atoms with Crippen molar-refractivity contribution in [1.82, 2.24) is 4.98 Å². The summed E-state index contributed by atoms with van der Waals surface area (Å²) < 4.78 is 45.2. The number of carbonyl (C=O) groups is 1. The van der Waals surface area contributed by atoms with Gasteiger partial charge in [0.2, 0.25) is 0 Å². The van der Waals surface area contributed by atoms with Crippen molar-refractivity contribution in [3.63, 3.8) is 0 Å². The minimum absolute atomic E-state index is 0.0729. The highest BCUT2D eigenvalue weighted by Gasteiger charge is 2.30. The fraction of sp³-hybridized carbons (Fsp3) is 0.135. The lowest BCUT2D eigenvalue weighted by atomic mass is 10.0. The van der Waals surface area contributed by atoms with E-state index in [1.807, 2.05) is 61.5 Å². The van der Waals surface area contributed by atoms with Crippen molar-refractivity contribution in [2.45, 2.75) is 29.7 Å². The first kappa shape index (κ1) is 31.4. The Balaban J connectivity index is 1.38. The molecule has 1 aromatic heterocycles. The molecule has 0 radical (unpaired) electrons. The molecule has 6 aromatic rings. The minimum Gasteiger partial charge on any atom is -0.481 e. The molecule has 6 rings (SSSR count). The van der Waals surface area contributed by atoms with Crippen LogP contribution >= 0.6 is 23.1 Å². The highest BCUT2D eigenvalue weighted by atomic mass is 32.2. The van der Waals surface area contributed by atoms with Crippen LogP contribution in [-0.4, -0.2) is 22.7 Å². The van der Waals surface area contributed by atoms with E-state index in [9.17, 15) is 23.1 Å². The molecule has 1 N–H and O–H groups in total. The van der Waals surface area contributed by atoms with Gasteiger partial charge in [0.15, 0.2) is 6.61 Å². The van der Waals surface area contributed by atoms with E-state index in [-0.39, 0.29) is 5.25 Å². The van der Waals surface area contributed by atoms with Gasteiger partial charge in [-0.2, -0.15) is 13.2 Å². The van der Waals surface area contributed by atoms with E-state index in [1.54, 1.807) is 17.8 Å². The predicted octanol–water partition coefficient (Wildman–Crippen LogP) is 10.5. The van der Waals surface area contributed by atoms with Crippen LogP contribution in [0.5, 0.6) is 5.75 Å². The van der Waals surface area contributed by atoms with E-state index in [1.165, 1.54) is 23.5 Å². The Morgan fingerprint density at radius 1 is 0.870 bits per heavy atom. The molecule has 4 nitrogen and oxygen atoms in total. The SMILES string of the molecule is Cc1nc(-c2ccc(C(F)(F)F)cc2)sc1C(Cc1ccc2ccccc2c1)Sc1ccc(OCC(=O)O)c(-c2ccccc2)c1. The number of aromatic nitrogens is 1. The lowest BCUT2D eigenvalue weighted by Crippen LogP contribution is -2.10. The van der Waals surface area contributed by atoms with E-state index < -0.39 is 24.3 Å². The zero-order chi connectivity index (χ0) is 32.3. The molecule has 0 saturated heterocycles. The van der Waals surface area contributed by atoms with Gasteiger partial charge in [-0.1, -0.05) is 84.9 Å². The Labute approximate surface area is 272 Å². The second-order valence-corrected chi connectivity index (χ2v) is 13.0. The van der Waals surface area contributed by atoms with E-state index in [0.717, 1.165) is 55.1 Å². The van der Waals surface area contributed by atoms with Crippen LogP contribution in [0.15, 0.2) is 120 Å². The van der Waals surface area contributed by atoms with Gasteiger partial charge in [0, 0.05) is 26.1 Å². The number of aryl methyl sites for hydroxylation is 1. The number of aliphatic carboxylic acids is 1. The predicted molar refractivity (Wildman–Crippen MR) is 179 cm³/mol. The first-order valence-corrected chi connectivity index (χ1v) is 16.2. The molecule has 1 heterocycles. The maximum atomic E-state index is 13.2. The number of hydrogen-bond acceptors (Lipinski definition) is 5. The molecule has 232 valence electrons. The van der Waals surface area contributed by atoms with Gasteiger partial charge in [-0.3, -0.25) is 0 Å². The molecule has 1 unspecified atom stereocenters. The lowest BCUT2D eigenvalue weighted by molar-refractivity contribution is -0.139. The molecule has 0 aliphatic rings. The number of alkyl halides is 3. The zero-order valence-electron chi connectivity index (χ0n) is 24.6. The Morgan fingerprint density at radius 2 is 1.59 bits per heavy atom. The molecule has 1 atom stereocenters. The van der Waals surface area contributed by atoms with Gasteiger partial charge in [0.25, 0.3) is 0 Å². The molecule has 0 spiro atoms. The molecule has 0 aliphatic heterocycles. The smallest absolute Gasteiger partial charge is 0.416 e. The largest absolute Gasteiger partial charge is 0.481 e. The van der Waals surface area contributed by atoms with E-state index >= 15 is 0 Å². The topological polar surface area (TPSA) is 59.4 Å². The highest BCUT2D eigenvalue weighted by molar-refractivity contribution is 7.99. The van der Waals surface area contributed by atoms with Crippen molar-refractivity contribution in [2.24, 2.45) is 0 Å². The fourth-order valence-corrected chi connectivity index (χ4v) is 7.81. The molecule has 5 aromatic carbocycles. The van der Waals surface area contributed by atoms with Crippen LogP contribution in [-0.2, 0) is 17.4 Å². The summed E-state index contributed by atoms with van der Waals surface area (Å²) in [5.74, 6) is -0.583. The van der Waals surface area contributed by atoms with Crippen molar-refractivity contribution in [3.05, 3.63) is 137 Å². The Bertz CT molecular complexity index is 1990. The molecule has 0 saturated carbocycles. The van der Waals surface area contributed by atoms with Crippen molar-refractivity contribution in [3.8, 4) is 27.4 Å². The van der Waals surface area contributed by atoms with E-state index in [0.29, 0.717) is 22.7 Å². The first-order valence-electron chi connectivity index (χ1n) is 14.5. The van der Waals surface area contributed by atoms with Gasteiger partial charge in [0.05, 0.1) is 11.3 Å². The van der Waals surface area contributed by atoms with Crippen LogP contribution < -0.4 is 4.74 Å². The molecule has 0 bridgehead atoms. The minimum atomic E-state index is -4.41. The van der Waals surface area contributed by atoms with Crippen molar-refractivity contribution in [1.29, 1.82) is 0 Å².